The highest BCUT2D eigenvalue weighted by molar-refractivity contribution is 5.81. The van der Waals surface area contributed by atoms with Crippen LogP contribution in [0.4, 0.5) is 0 Å². The van der Waals surface area contributed by atoms with Gasteiger partial charge in [-0.15, -0.1) is 0 Å². The maximum absolute atomic E-state index is 12.1. The highest BCUT2D eigenvalue weighted by atomic mass is 16.5. The van der Waals surface area contributed by atoms with E-state index in [0.717, 1.165) is 31.9 Å². The Bertz CT molecular complexity index is 633. The predicted octanol–water partition coefficient (Wildman–Crippen LogP) is 2.14. The van der Waals surface area contributed by atoms with Crippen LogP contribution in [0.15, 0.2) is 23.2 Å². The molecule has 1 unspecified atom stereocenters. The quantitative estimate of drug-likeness (QED) is 0.458. The molecule has 144 valence electrons. The summed E-state index contributed by atoms with van der Waals surface area (Å²) in [6.45, 7) is 6.71. The van der Waals surface area contributed by atoms with Crippen LogP contribution in [0.5, 0.6) is 11.5 Å². The molecule has 0 spiro atoms. The van der Waals surface area contributed by atoms with Gasteiger partial charge in [0, 0.05) is 25.2 Å². The van der Waals surface area contributed by atoms with Gasteiger partial charge in [0.2, 0.25) is 0 Å². The smallest absolute Gasteiger partial charge is 0.310 e. The molecule has 2 N–H and O–H groups in total. The van der Waals surface area contributed by atoms with E-state index in [1.807, 2.05) is 26.0 Å². The number of hydrogen-bond acceptors (Lipinski definition) is 5. The van der Waals surface area contributed by atoms with E-state index < -0.39 is 0 Å². The largest absolute Gasteiger partial charge is 0.504 e. The van der Waals surface area contributed by atoms with Gasteiger partial charge in [-0.2, -0.15) is 0 Å². The molecule has 0 aromatic heterocycles. The number of rotatable bonds is 6. The lowest BCUT2D eigenvalue weighted by molar-refractivity contribution is -0.149. The number of benzene rings is 1. The fraction of sp³-hybridized carbons (Fsp3) is 0.579. The van der Waals surface area contributed by atoms with Gasteiger partial charge in [-0.25, -0.2) is 4.99 Å². The van der Waals surface area contributed by atoms with E-state index in [1.54, 1.807) is 6.07 Å². The first-order valence-electron chi connectivity index (χ1n) is 9.15. The van der Waals surface area contributed by atoms with Crippen molar-refractivity contribution in [2.24, 2.45) is 10.9 Å². The minimum Gasteiger partial charge on any atom is -0.504 e. The van der Waals surface area contributed by atoms with Crippen LogP contribution in [0.25, 0.3) is 0 Å². The Morgan fingerprint density at radius 1 is 1.42 bits per heavy atom. The molecule has 0 radical (unpaired) electrons. The van der Waals surface area contributed by atoms with Crippen molar-refractivity contribution in [1.82, 2.24) is 10.2 Å². The van der Waals surface area contributed by atoms with Crippen molar-refractivity contribution in [3.8, 4) is 11.5 Å². The number of esters is 1. The Morgan fingerprint density at radius 3 is 2.92 bits per heavy atom. The summed E-state index contributed by atoms with van der Waals surface area (Å²) in [5, 5.41) is 13.5. The van der Waals surface area contributed by atoms with Crippen molar-refractivity contribution in [3.63, 3.8) is 0 Å². The zero-order chi connectivity index (χ0) is 18.9. The van der Waals surface area contributed by atoms with Crippen LogP contribution in [0.3, 0.4) is 0 Å². The van der Waals surface area contributed by atoms with Gasteiger partial charge in [0.05, 0.1) is 26.2 Å². The first kappa shape index (κ1) is 19.9. The van der Waals surface area contributed by atoms with Gasteiger partial charge in [-0.05, 0) is 32.8 Å². The number of nitrogens with zero attached hydrogens (tertiary/aromatic N) is 2. The number of para-hydroxylation sites is 1. The van der Waals surface area contributed by atoms with Crippen LogP contribution >= 0.6 is 0 Å². The SMILES string of the molecule is CCNC(=NCc1cccc(OC)c1O)N1CCCC(C(=O)OCC)C1. The van der Waals surface area contributed by atoms with E-state index in [1.165, 1.54) is 7.11 Å². The average Bonchev–Trinajstić information content (AvgIpc) is 2.66. The van der Waals surface area contributed by atoms with Gasteiger partial charge in [0.1, 0.15) is 0 Å². The molecule has 1 aromatic rings. The number of hydrogen-bond donors (Lipinski definition) is 2. The third kappa shape index (κ3) is 5.03. The molecule has 1 aliphatic heterocycles. The molecule has 1 saturated heterocycles. The Kier molecular flexibility index (Phi) is 7.56. The number of guanidine groups is 1. The van der Waals surface area contributed by atoms with Gasteiger partial charge in [0.15, 0.2) is 17.5 Å². The van der Waals surface area contributed by atoms with Crippen LogP contribution in [0.1, 0.15) is 32.3 Å². The summed E-state index contributed by atoms with van der Waals surface area (Å²) in [5.74, 6) is 1.01. The van der Waals surface area contributed by atoms with Crippen LogP contribution in [-0.2, 0) is 16.1 Å². The summed E-state index contributed by atoms with van der Waals surface area (Å²) in [6, 6.07) is 5.36. The zero-order valence-electron chi connectivity index (χ0n) is 15.8. The molecule has 7 nitrogen and oxygen atoms in total. The van der Waals surface area contributed by atoms with Crippen LogP contribution in [-0.4, -0.2) is 55.3 Å². The predicted molar refractivity (Wildman–Crippen MR) is 100 cm³/mol. The second kappa shape index (κ2) is 9.89. The van der Waals surface area contributed by atoms with E-state index >= 15 is 0 Å². The summed E-state index contributed by atoms with van der Waals surface area (Å²) in [6.07, 6.45) is 1.75. The zero-order valence-corrected chi connectivity index (χ0v) is 15.8. The minimum atomic E-state index is -0.140. The van der Waals surface area contributed by atoms with E-state index in [-0.39, 0.29) is 17.6 Å². The molecule has 0 amide bonds. The summed E-state index contributed by atoms with van der Waals surface area (Å²) in [7, 11) is 1.52. The van der Waals surface area contributed by atoms with Crippen LogP contribution in [0, 0.1) is 5.92 Å². The molecule has 0 saturated carbocycles. The van der Waals surface area contributed by atoms with Crippen molar-refractivity contribution < 1.29 is 19.4 Å². The van der Waals surface area contributed by atoms with Gasteiger partial charge >= 0.3 is 5.97 Å². The molecular weight excluding hydrogens is 334 g/mol. The summed E-state index contributed by atoms with van der Waals surface area (Å²) >= 11 is 0. The average molecular weight is 363 g/mol. The Balaban J connectivity index is 2.12. The number of aliphatic imine (C=N–C) groups is 1. The maximum atomic E-state index is 12.1. The maximum Gasteiger partial charge on any atom is 0.310 e. The first-order chi connectivity index (χ1) is 12.6. The summed E-state index contributed by atoms with van der Waals surface area (Å²) < 4.78 is 10.3. The lowest BCUT2D eigenvalue weighted by atomic mass is 9.98. The minimum absolute atomic E-state index is 0.109. The van der Waals surface area contributed by atoms with E-state index in [0.29, 0.717) is 31.0 Å². The first-order valence-corrected chi connectivity index (χ1v) is 9.15. The number of phenolic OH excluding ortho intramolecular Hbond substituents is 1. The molecule has 1 atom stereocenters. The second-order valence-corrected chi connectivity index (χ2v) is 6.18. The lowest BCUT2D eigenvalue weighted by Gasteiger charge is -2.34. The van der Waals surface area contributed by atoms with Crippen LogP contribution in [0.2, 0.25) is 0 Å². The molecule has 1 heterocycles. The number of phenols is 1. The fourth-order valence-corrected chi connectivity index (χ4v) is 3.07. The van der Waals surface area contributed by atoms with Gasteiger partial charge in [0.25, 0.3) is 0 Å². The van der Waals surface area contributed by atoms with E-state index in [9.17, 15) is 9.90 Å². The number of methoxy groups -OCH3 is 1. The fourth-order valence-electron chi connectivity index (χ4n) is 3.07. The number of likely N-dealkylation sites (tertiary alicyclic amines) is 1. The number of nitrogens with one attached hydrogen (secondary N) is 1. The molecule has 1 aromatic carbocycles. The number of ether oxygens (including phenoxy) is 2. The molecule has 1 fully saturated rings. The van der Waals surface area contributed by atoms with Crippen molar-refractivity contribution in [3.05, 3.63) is 23.8 Å². The van der Waals surface area contributed by atoms with Crippen LogP contribution < -0.4 is 10.1 Å². The summed E-state index contributed by atoms with van der Waals surface area (Å²) in [4.78, 5) is 18.8. The van der Waals surface area contributed by atoms with Crippen molar-refractivity contribution in [1.29, 1.82) is 0 Å². The molecule has 0 bridgehead atoms. The topological polar surface area (TPSA) is 83.4 Å². The molecule has 0 aliphatic carbocycles. The number of piperidine rings is 1. The highest BCUT2D eigenvalue weighted by Gasteiger charge is 2.28. The van der Waals surface area contributed by atoms with Crippen molar-refractivity contribution in [2.75, 3.05) is 33.4 Å². The Morgan fingerprint density at radius 2 is 2.23 bits per heavy atom. The third-order valence-corrected chi connectivity index (χ3v) is 4.38. The van der Waals surface area contributed by atoms with Gasteiger partial charge in [-0.3, -0.25) is 4.79 Å². The molecule has 2 rings (SSSR count). The molecular formula is C19H29N3O4. The highest BCUT2D eigenvalue weighted by Crippen LogP contribution is 2.29. The number of carbonyl (C=O) groups excluding carboxylic acids is 1. The van der Waals surface area contributed by atoms with Gasteiger partial charge < -0.3 is 24.8 Å². The Labute approximate surface area is 155 Å². The van der Waals surface area contributed by atoms with Crippen molar-refractivity contribution >= 4 is 11.9 Å². The normalized spacial score (nSPS) is 17.7. The molecule has 7 heteroatoms. The number of aromatic hydroxyl groups is 1. The lowest BCUT2D eigenvalue weighted by Crippen LogP contribution is -2.48. The van der Waals surface area contributed by atoms with Gasteiger partial charge in [-0.1, -0.05) is 12.1 Å². The number of carbonyl (C=O) groups is 1. The third-order valence-electron chi connectivity index (χ3n) is 4.38. The van der Waals surface area contributed by atoms with Crippen molar-refractivity contribution in [2.45, 2.75) is 33.2 Å². The molecule has 26 heavy (non-hydrogen) atoms. The second-order valence-electron chi connectivity index (χ2n) is 6.18. The van der Waals surface area contributed by atoms with E-state index in [4.69, 9.17) is 9.47 Å². The molecule has 1 aliphatic rings. The summed E-state index contributed by atoms with van der Waals surface area (Å²) in [5.41, 5.74) is 0.693. The standard InChI is InChI=1S/C19H29N3O4/c1-4-20-19(21-12-14-8-6-10-16(25-3)17(14)23)22-11-7-9-15(13-22)18(24)26-5-2/h6,8,10,15,23H,4-5,7,9,11-13H2,1-3H3,(H,20,21). The Hall–Kier alpha value is -2.44. The van der Waals surface area contributed by atoms with E-state index in [2.05, 4.69) is 15.2 Å². The monoisotopic (exact) mass is 363 g/mol.